The number of hydrogen-bond donors (Lipinski definition) is 2. The lowest BCUT2D eigenvalue weighted by molar-refractivity contribution is 0.135. The van der Waals surface area contributed by atoms with Crippen LogP contribution >= 0.6 is 0 Å². The fourth-order valence-electron chi connectivity index (χ4n) is 5.15. The highest BCUT2D eigenvalue weighted by Gasteiger charge is 2.45. The molecule has 3 fully saturated rings. The predicted molar refractivity (Wildman–Crippen MR) is 105 cm³/mol. The van der Waals surface area contributed by atoms with E-state index in [0.29, 0.717) is 24.4 Å². The van der Waals surface area contributed by atoms with Crippen molar-refractivity contribution in [3.63, 3.8) is 0 Å². The van der Waals surface area contributed by atoms with Gasteiger partial charge in [-0.15, -0.1) is 0 Å². The van der Waals surface area contributed by atoms with Crippen molar-refractivity contribution in [1.82, 2.24) is 4.90 Å². The number of aliphatic hydroxyl groups is 2. The van der Waals surface area contributed by atoms with Crippen LogP contribution in [0.3, 0.4) is 0 Å². The maximum atomic E-state index is 10.5. The minimum absolute atomic E-state index is 0.205. The molecule has 3 aliphatic rings. The van der Waals surface area contributed by atoms with E-state index in [9.17, 15) is 10.2 Å². The Hall–Kier alpha value is -0.680. The number of likely N-dealkylation sites (N-methyl/N-ethyl adjacent to an activating group) is 1. The van der Waals surface area contributed by atoms with Crippen molar-refractivity contribution in [2.75, 3.05) is 33.9 Å². The summed E-state index contributed by atoms with van der Waals surface area (Å²) in [5, 5.41) is 20.9. The molecule has 2 N–H and O–H groups in total. The lowest BCUT2D eigenvalue weighted by atomic mass is 9.89. The average molecular weight is 364 g/mol. The van der Waals surface area contributed by atoms with Gasteiger partial charge in [0, 0.05) is 12.5 Å². The lowest BCUT2D eigenvalue weighted by Gasteiger charge is -2.19. The fraction of sp³-hybridized carbons (Fsp3) is 0.818. The SMILES string of the molecule is CN(C)CCOC/C=C1\C[C@H]2C[C@@H](O)[C@H](/C=C/[C@@H](O)C3CCCC3)[C@H]2C1. The zero-order valence-corrected chi connectivity index (χ0v) is 16.5. The van der Waals surface area contributed by atoms with E-state index < -0.39 is 0 Å². The highest BCUT2D eigenvalue weighted by Crippen LogP contribution is 2.50. The Morgan fingerprint density at radius 2 is 2.00 bits per heavy atom. The summed E-state index contributed by atoms with van der Waals surface area (Å²) in [7, 11) is 4.12. The Labute approximate surface area is 158 Å². The summed E-state index contributed by atoms with van der Waals surface area (Å²) in [4.78, 5) is 2.13. The molecule has 0 aromatic rings. The second-order valence-electron chi connectivity index (χ2n) is 8.87. The van der Waals surface area contributed by atoms with E-state index in [1.807, 2.05) is 6.08 Å². The first-order chi connectivity index (χ1) is 12.5. The van der Waals surface area contributed by atoms with Gasteiger partial charge in [0.2, 0.25) is 0 Å². The van der Waals surface area contributed by atoms with E-state index in [-0.39, 0.29) is 18.1 Å². The third kappa shape index (κ3) is 5.19. The first-order valence-electron chi connectivity index (χ1n) is 10.5. The molecule has 4 heteroatoms. The normalized spacial score (nSPS) is 35.2. The van der Waals surface area contributed by atoms with Crippen LogP contribution < -0.4 is 0 Å². The fourth-order valence-corrected chi connectivity index (χ4v) is 5.15. The summed E-state index contributed by atoms with van der Waals surface area (Å²) < 4.78 is 5.70. The molecule has 0 aromatic heterocycles. The molecule has 3 saturated carbocycles. The third-order valence-corrected chi connectivity index (χ3v) is 6.70. The topological polar surface area (TPSA) is 52.9 Å². The molecule has 3 rings (SSSR count). The molecule has 0 heterocycles. The third-order valence-electron chi connectivity index (χ3n) is 6.70. The smallest absolute Gasteiger partial charge is 0.0749 e. The highest BCUT2D eigenvalue weighted by molar-refractivity contribution is 5.18. The number of fused-ring (bicyclic) bond motifs is 1. The van der Waals surface area contributed by atoms with Gasteiger partial charge in [-0.1, -0.05) is 36.6 Å². The van der Waals surface area contributed by atoms with Crippen molar-refractivity contribution in [2.45, 2.75) is 57.2 Å². The Balaban J connectivity index is 1.48. The van der Waals surface area contributed by atoms with E-state index in [4.69, 9.17) is 4.74 Å². The molecule has 0 amide bonds. The maximum absolute atomic E-state index is 10.5. The monoisotopic (exact) mass is 363 g/mol. The van der Waals surface area contributed by atoms with Crippen LogP contribution in [0.2, 0.25) is 0 Å². The van der Waals surface area contributed by atoms with E-state index in [1.165, 1.54) is 18.4 Å². The van der Waals surface area contributed by atoms with E-state index in [1.54, 1.807) is 0 Å². The molecule has 4 nitrogen and oxygen atoms in total. The van der Waals surface area contributed by atoms with Gasteiger partial charge in [0.1, 0.15) is 0 Å². The maximum Gasteiger partial charge on any atom is 0.0749 e. The van der Waals surface area contributed by atoms with Crippen LogP contribution in [-0.2, 0) is 4.74 Å². The Morgan fingerprint density at radius 3 is 2.73 bits per heavy atom. The van der Waals surface area contributed by atoms with Crippen molar-refractivity contribution in [3.8, 4) is 0 Å². The molecule has 3 aliphatic carbocycles. The number of ether oxygens (including phenoxy) is 1. The van der Waals surface area contributed by atoms with Gasteiger partial charge in [-0.05, 0) is 64.0 Å². The van der Waals surface area contributed by atoms with E-state index in [2.05, 4.69) is 31.1 Å². The molecular weight excluding hydrogens is 326 g/mol. The second kappa shape index (κ2) is 9.50. The number of hydrogen-bond acceptors (Lipinski definition) is 4. The molecule has 0 radical (unpaired) electrons. The van der Waals surface area contributed by atoms with Crippen molar-refractivity contribution in [2.24, 2.45) is 23.7 Å². The zero-order valence-electron chi connectivity index (χ0n) is 16.5. The van der Waals surface area contributed by atoms with Crippen molar-refractivity contribution in [3.05, 3.63) is 23.8 Å². The summed E-state index contributed by atoms with van der Waals surface area (Å²) in [6, 6.07) is 0. The van der Waals surface area contributed by atoms with Crippen molar-refractivity contribution >= 4 is 0 Å². The number of aliphatic hydroxyl groups excluding tert-OH is 2. The molecule has 0 bridgehead atoms. The van der Waals surface area contributed by atoms with Gasteiger partial charge in [0.05, 0.1) is 25.4 Å². The molecule has 0 saturated heterocycles. The molecule has 148 valence electrons. The van der Waals surface area contributed by atoms with Gasteiger partial charge in [-0.25, -0.2) is 0 Å². The molecule has 0 spiro atoms. The molecular formula is C22H37NO3. The Morgan fingerprint density at radius 1 is 1.23 bits per heavy atom. The average Bonchev–Trinajstić information content (AvgIpc) is 3.29. The van der Waals surface area contributed by atoms with E-state index >= 15 is 0 Å². The first kappa shape index (κ1) is 20.1. The van der Waals surface area contributed by atoms with Gasteiger partial charge in [0.15, 0.2) is 0 Å². The van der Waals surface area contributed by atoms with Gasteiger partial charge < -0.3 is 19.8 Å². The molecule has 0 aromatic carbocycles. The van der Waals surface area contributed by atoms with Gasteiger partial charge in [-0.3, -0.25) is 0 Å². The lowest BCUT2D eigenvalue weighted by Crippen LogP contribution is -2.19. The predicted octanol–water partition coefficient (Wildman–Crippen LogP) is 3.01. The van der Waals surface area contributed by atoms with Crippen LogP contribution in [0.15, 0.2) is 23.8 Å². The van der Waals surface area contributed by atoms with Gasteiger partial charge >= 0.3 is 0 Å². The summed E-state index contributed by atoms with van der Waals surface area (Å²) in [5.41, 5.74) is 1.49. The Kier molecular flexibility index (Phi) is 7.33. The molecule has 26 heavy (non-hydrogen) atoms. The number of allylic oxidation sites excluding steroid dienone is 1. The van der Waals surface area contributed by atoms with E-state index in [0.717, 1.165) is 45.3 Å². The summed E-state index contributed by atoms with van der Waals surface area (Å²) in [5.74, 6) is 1.76. The summed E-state index contributed by atoms with van der Waals surface area (Å²) >= 11 is 0. The van der Waals surface area contributed by atoms with Gasteiger partial charge in [0.25, 0.3) is 0 Å². The highest BCUT2D eigenvalue weighted by atomic mass is 16.5. The molecule has 5 atom stereocenters. The van der Waals surface area contributed by atoms with Crippen LogP contribution in [0.5, 0.6) is 0 Å². The molecule has 0 unspecified atom stereocenters. The Bertz CT molecular complexity index is 496. The minimum atomic E-state index is -0.328. The number of rotatable bonds is 8. The van der Waals surface area contributed by atoms with Crippen molar-refractivity contribution < 1.29 is 14.9 Å². The zero-order chi connectivity index (χ0) is 18.5. The number of nitrogens with zero attached hydrogens (tertiary/aromatic N) is 1. The minimum Gasteiger partial charge on any atom is -0.392 e. The second-order valence-corrected chi connectivity index (χ2v) is 8.87. The van der Waals surface area contributed by atoms with Crippen LogP contribution in [0.4, 0.5) is 0 Å². The standard InChI is InChI=1S/C22H37NO3/c1-23(2)10-12-26-11-9-16-13-18-15-22(25)19(20(18)14-16)7-8-21(24)17-5-3-4-6-17/h7-9,17-22,24-25H,3-6,10-15H2,1-2H3/b8-7+,16-9+/t18-,19+,20-,21+,22+/m0/s1. The van der Waals surface area contributed by atoms with Crippen LogP contribution in [-0.4, -0.2) is 61.2 Å². The largest absolute Gasteiger partial charge is 0.392 e. The summed E-state index contributed by atoms with van der Waals surface area (Å²) in [6.07, 6.45) is 13.7. The quantitative estimate of drug-likeness (QED) is 0.514. The molecule has 0 aliphatic heterocycles. The van der Waals surface area contributed by atoms with Crippen molar-refractivity contribution in [1.29, 1.82) is 0 Å². The van der Waals surface area contributed by atoms with Crippen LogP contribution in [0.1, 0.15) is 44.9 Å². The summed E-state index contributed by atoms with van der Waals surface area (Å²) in [6.45, 7) is 2.43. The van der Waals surface area contributed by atoms with Crippen LogP contribution in [0.25, 0.3) is 0 Å². The first-order valence-corrected chi connectivity index (χ1v) is 10.5. The van der Waals surface area contributed by atoms with Gasteiger partial charge in [-0.2, -0.15) is 0 Å². The van der Waals surface area contributed by atoms with Crippen LogP contribution in [0, 0.1) is 23.7 Å².